The van der Waals surface area contributed by atoms with Gasteiger partial charge in [0.1, 0.15) is 17.4 Å². The van der Waals surface area contributed by atoms with Crippen LogP contribution in [0.2, 0.25) is 0 Å². The fraction of sp³-hybridized carbons (Fsp3) is 0.200. The molecule has 0 unspecified atom stereocenters. The Kier molecular flexibility index (Phi) is 5.33. The van der Waals surface area contributed by atoms with Crippen LogP contribution in [0.5, 0.6) is 5.75 Å². The van der Waals surface area contributed by atoms with Crippen LogP contribution in [0.1, 0.15) is 5.56 Å². The van der Waals surface area contributed by atoms with E-state index in [4.69, 9.17) is 0 Å². The standard InChI is InChI=1S/C15H12F5NO3S/c1-21(9-10-5-6-11(16)7-14(10)17)25(22,23)13-4-2-3-12(8-13)24-15(18,19)20/h2-8H,9H2,1H3. The van der Waals surface area contributed by atoms with Gasteiger partial charge in [-0.2, -0.15) is 4.31 Å². The number of hydrogen-bond acceptors (Lipinski definition) is 3. The van der Waals surface area contributed by atoms with E-state index in [9.17, 15) is 30.4 Å². The first kappa shape index (κ1) is 19.1. The number of ether oxygens (including phenoxy) is 1. The summed E-state index contributed by atoms with van der Waals surface area (Å²) in [6.07, 6.45) is -4.97. The maximum atomic E-state index is 13.6. The Morgan fingerprint density at radius 1 is 1.08 bits per heavy atom. The van der Waals surface area contributed by atoms with Gasteiger partial charge in [-0.3, -0.25) is 0 Å². The van der Waals surface area contributed by atoms with Crippen molar-refractivity contribution in [3.05, 3.63) is 59.7 Å². The van der Waals surface area contributed by atoms with Crippen LogP contribution in [0.25, 0.3) is 0 Å². The molecule has 0 atom stereocenters. The molecule has 0 N–H and O–H groups in total. The molecule has 0 bridgehead atoms. The van der Waals surface area contributed by atoms with Crippen LogP contribution in [-0.4, -0.2) is 26.1 Å². The van der Waals surface area contributed by atoms with Gasteiger partial charge in [-0.15, -0.1) is 13.2 Å². The van der Waals surface area contributed by atoms with Gasteiger partial charge in [0.2, 0.25) is 10.0 Å². The van der Waals surface area contributed by atoms with Crippen molar-refractivity contribution in [2.75, 3.05) is 7.05 Å². The number of halogens is 5. The molecule has 0 aliphatic carbocycles. The summed E-state index contributed by atoms with van der Waals surface area (Å²) in [4.78, 5) is -0.459. The topological polar surface area (TPSA) is 46.6 Å². The van der Waals surface area contributed by atoms with Crippen molar-refractivity contribution in [1.29, 1.82) is 0 Å². The molecule has 136 valence electrons. The van der Waals surface area contributed by atoms with Crippen molar-refractivity contribution in [1.82, 2.24) is 4.31 Å². The zero-order valence-corrected chi connectivity index (χ0v) is 13.5. The van der Waals surface area contributed by atoms with Crippen molar-refractivity contribution in [3.63, 3.8) is 0 Å². The first-order valence-corrected chi connectivity index (χ1v) is 8.19. The van der Waals surface area contributed by atoms with Crippen LogP contribution in [0, 0.1) is 11.6 Å². The van der Waals surface area contributed by atoms with Crippen molar-refractivity contribution in [2.45, 2.75) is 17.8 Å². The van der Waals surface area contributed by atoms with E-state index in [0.717, 1.165) is 41.7 Å². The average molecular weight is 381 g/mol. The molecule has 0 heterocycles. The summed E-state index contributed by atoms with van der Waals surface area (Å²) in [6, 6.07) is 6.48. The highest BCUT2D eigenvalue weighted by molar-refractivity contribution is 7.89. The second-order valence-electron chi connectivity index (χ2n) is 5.02. The third-order valence-electron chi connectivity index (χ3n) is 3.16. The highest BCUT2D eigenvalue weighted by atomic mass is 32.2. The molecule has 0 saturated carbocycles. The van der Waals surface area contributed by atoms with E-state index in [-0.39, 0.29) is 5.56 Å². The molecule has 0 amide bonds. The molecule has 0 spiro atoms. The van der Waals surface area contributed by atoms with Crippen molar-refractivity contribution >= 4 is 10.0 Å². The normalized spacial score (nSPS) is 12.4. The largest absolute Gasteiger partial charge is 0.573 e. The van der Waals surface area contributed by atoms with E-state index < -0.39 is 45.2 Å². The molecule has 0 saturated heterocycles. The SMILES string of the molecule is CN(Cc1ccc(F)cc1F)S(=O)(=O)c1cccc(OC(F)(F)F)c1. The quantitative estimate of drug-likeness (QED) is 0.743. The Bertz CT molecular complexity index is 868. The number of hydrogen-bond donors (Lipinski definition) is 0. The fourth-order valence-corrected chi connectivity index (χ4v) is 3.17. The molecule has 10 heteroatoms. The van der Waals surface area contributed by atoms with Crippen molar-refractivity contribution in [2.24, 2.45) is 0 Å². The van der Waals surface area contributed by atoms with Gasteiger partial charge in [0.15, 0.2) is 0 Å². The van der Waals surface area contributed by atoms with Crippen LogP contribution in [0.3, 0.4) is 0 Å². The Morgan fingerprint density at radius 3 is 2.36 bits per heavy atom. The predicted octanol–water partition coefficient (Wildman–Crippen LogP) is 3.68. The fourth-order valence-electron chi connectivity index (χ4n) is 1.99. The zero-order chi connectivity index (χ0) is 18.8. The van der Waals surface area contributed by atoms with Crippen molar-refractivity contribution in [3.8, 4) is 5.75 Å². The predicted molar refractivity (Wildman–Crippen MR) is 78.1 cm³/mol. The van der Waals surface area contributed by atoms with Gasteiger partial charge in [-0.1, -0.05) is 12.1 Å². The van der Waals surface area contributed by atoms with Gasteiger partial charge in [0.05, 0.1) is 4.90 Å². The lowest BCUT2D eigenvalue weighted by Crippen LogP contribution is -2.27. The third kappa shape index (κ3) is 4.89. The summed E-state index contributed by atoms with van der Waals surface area (Å²) in [7, 11) is -3.10. The van der Waals surface area contributed by atoms with Gasteiger partial charge in [-0.05, 0) is 18.2 Å². The van der Waals surface area contributed by atoms with E-state index in [1.807, 2.05) is 0 Å². The molecular weight excluding hydrogens is 369 g/mol. The lowest BCUT2D eigenvalue weighted by molar-refractivity contribution is -0.274. The molecule has 2 aromatic carbocycles. The molecule has 4 nitrogen and oxygen atoms in total. The molecule has 0 aromatic heterocycles. The second-order valence-corrected chi connectivity index (χ2v) is 7.06. The van der Waals surface area contributed by atoms with Gasteiger partial charge < -0.3 is 4.74 Å². The second kappa shape index (κ2) is 6.96. The van der Waals surface area contributed by atoms with Crippen LogP contribution in [0.4, 0.5) is 22.0 Å². The van der Waals surface area contributed by atoms with E-state index in [1.54, 1.807) is 0 Å². The Morgan fingerprint density at radius 2 is 1.76 bits per heavy atom. The maximum absolute atomic E-state index is 13.6. The Labute approximate surface area is 140 Å². The minimum absolute atomic E-state index is 0.0878. The van der Waals surface area contributed by atoms with Gasteiger partial charge >= 0.3 is 6.36 Å². The van der Waals surface area contributed by atoms with E-state index in [0.29, 0.717) is 12.1 Å². The first-order chi connectivity index (χ1) is 11.5. The lowest BCUT2D eigenvalue weighted by Gasteiger charge is -2.18. The van der Waals surface area contributed by atoms with Crippen LogP contribution in [0.15, 0.2) is 47.4 Å². The number of rotatable bonds is 5. The first-order valence-electron chi connectivity index (χ1n) is 6.75. The van der Waals surface area contributed by atoms with Crippen LogP contribution < -0.4 is 4.74 Å². The average Bonchev–Trinajstić information content (AvgIpc) is 2.48. The van der Waals surface area contributed by atoms with Gasteiger partial charge in [0, 0.05) is 31.3 Å². The molecular formula is C15H12F5NO3S. The van der Waals surface area contributed by atoms with Crippen LogP contribution in [-0.2, 0) is 16.6 Å². The molecule has 2 aromatic rings. The Balaban J connectivity index is 2.27. The highest BCUT2D eigenvalue weighted by Gasteiger charge is 2.32. The summed E-state index contributed by atoms with van der Waals surface area (Å²) in [5.74, 6) is -2.45. The minimum Gasteiger partial charge on any atom is -0.406 e. The summed E-state index contributed by atoms with van der Waals surface area (Å²) in [5.41, 5.74) is -0.0878. The number of nitrogens with zero attached hydrogens (tertiary/aromatic N) is 1. The Hall–Kier alpha value is -2.20. The molecule has 0 fully saturated rings. The maximum Gasteiger partial charge on any atom is 0.573 e. The van der Waals surface area contributed by atoms with Crippen molar-refractivity contribution < 1.29 is 35.1 Å². The summed E-state index contributed by atoms with van der Waals surface area (Å²) in [6.45, 7) is -0.432. The smallest absolute Gasteiger partial charge is 0.406 e. The van der Waals surface area contributed by atoms with E-state index >= 15 is 0 Å². The molecule has 25 heavy (non-hydrogen) atoms. The lowest BCUT2D eigenvalue weighted by atomic mass is 10.2. The number of sulfonamides is 1. The van der Waals surface area contributed by atoms with Crippen LogP contribution >= 0.6 is 0 Å². The summed E-state index contributed by atoms with van der Waals surface area (Å²) >= 11 is 0. The monoisotopic (exact) mass is 381 g/mol. The van der Waals surface area contributed by atoms with E-state index in [1.165, 1.54) is 0 Å². The van der Waals surface area contributed by atoms with Gasteiger partial charge in [-0.25, -0.2) is 17.2 Å². The highest BCUT2D eigenvalue weighted by Crippen LogP contribution is 2.26. The number of benzene rings is 2. The minimum atomic E-state index is -4.97. The number of alkyl halides is 3. The third-order valence-corrected chi connectivity index (χ3v) is 4.95. The summed E-state index contributed by atoms with van der Waals surface area (Å²) in [5, 5.41) is 0. The molecule has 0 aliphatic heterocycles. The molecule has 0 aliphatic rings. The molecule has 0 radical (unpaired) electrons. The molecule has 2 rings (SSSR count). The zero-order valence-electron chi connectivity index (χ0n) is 12.7. The van der Waals surface area contributed by atoms with Gasteiger partial charge in [0.25, 0.3) is 0 Å². The summed E-state index contributed by atoms with van der Waals surface area (Å²) < 4.78 is 92.5. The van der Waals surface area contributed by atoms with E-state index in [2.05, 4.69) is 4.74 Å².